The molecule has 0 spiro atoms. The maximum atomic E-state index is 5.41. The van der Waals surface area contributed by atoms with Crippen LogP contribution < -0.4 is 5.32 Å². The Balaban J connectivity index is 2.28. The van der Waals surface area contributed by atoms with Crippen LogP contribution >= 0.6 is 0 Å². The van der Waals surface area contributed by atoms with E-state index in [9.17, 15) is 0 Å². The van der Waals surface area contributed by atoms with E-state index in [2.05, 4.69) is 23.3 Å². The molecule has 3 heteroatoms. The molecular weight excluding hydrogens is 200 g/mol. The molecule has 16 heavy (non-hydrogen) atoms. The first-order valence-corrected chi connectivity index (χ1v) is 5.71. The number of nitrogens with zero attached hydrogens (tertiary/aromatic N) is 1. The van der Waals surface area contributed by atoms with Crippen LogP contribution in [0.15, 0.2) is 30.3 Å². The predicted molar refractivity (Wildman–Crippen MR) is 64.0 cm³/mol. The molecule has 0 saturated heterocycles. The van der Waals surface area contributed by atoms with E-state index in [4.69, 9.17) is 4.74 Å². The van der Waals surface area contributed by atoms with Crippen LogP contribution in [0, 0.1) is 6.92 Å². The zero-order valence-electron chi connectivity index (χ0n) is 9.86. The number of ether oxygens (including phenoxy) is 1. The highest BCUT2D eigenvalue weighted by molar-refractivity contribution is 5.32. The molecule has 1 aromatic rings. The third kappa shape index (κ3) is 2.25. The van der Waals surface area contributed by atoms with E-state index in [1.54, 1.807) is 0 Å². The second kappa shape index (κ2) is 5.12. The minimum Gasteiger partial charge on any atom is -0.501 e. The van der Waals surface area contributed by atoms with Gasteiger partial charge in [0.25, 0.3) is 0 Å². The lowest BCUT2D eigenvalue weighted by Crippen LogP contribution is -2.21. The highest BCUT2D eigenvalue weighted by atomic mass is 16.5. The SMILES string of the molecule is CNC(C1=COCCC1)c1ccncc1C. The van der Waals surface area contributed by atoms with Gasteiger partial charge >= 0.3 is 0 Å². The summed E-state index contributed by atoms with van der Waals surface area (Å²) in [6, 6.07) is 2.33. The molecule has 1 aliphatic rings. The fraction of sp³-hybridized carbons (Fsp3) is 0.462. The minimum atomic E-state index is 0.253. The molecule has 2 heterocycles. The van der Waals surface area contributed by atoms with Gasteiger partial charge in [0.1, 0.15) is 0 Å². The molecule has 1 N–H and O–H groups in total. The number of aryl methyl sites for hydroxylation is 1. The fourth-order valence-corrected chi connectivity index (χ4v) is 2.15. The average molecular weight is 218 g/mol. The van der Waals surface area contributed by atoms with Gasteiger partial charge < -0.3 is 10.1 Å². The van der Waals surface area contributed by atoms with Crippen molar-refractivity contribution in [2.45, 2.75) is 25.8 Å². The van der Waals surface area contributed by atoms with E-state index < -0.39 is 0 Å². The van der Waals surface area contributed by atoms with Gasteiger partial charge in [-0.2, -0.15) is 0 Å². The molecule has 0 aliphatic carbocycles. The molecule has 1 aromatic heterocycles. The van der Waals surface area contributed by atoms with Gasteiger partial charge in [0.05, 0.1) is 18.9 Å². The van der Waals surface area contributed by atoms with Crippen molar-refractivity contribution in [3.63, 3.8) is 0 Å². The molecule has 1 unspecified atom stereocenters. The zero-order chi connectivity index (χ0) is 11.4. The van der Waals surface area contributed by atoms with Crippen molar-refractivity contribution >= 4 is 0 Å². The summed E-state index contributed by atoms with van der Waals surface area (Å²) in [6.45, 7) is 2.94. The standard InChI is InChI=1S/C13H18N2O/c1-10-8-15-6-5-12(10)13(14-2)11-4-3-7-16-9-11/h5-6,8-9,13-14H,3-4,7H2,1-2H3. The van der Waals surface area contributed by atoms with Crippen LogP contribution in [-0.4, -0.2) is 18.6 Å². The van der Waals surface area contributed by atoms with Crippen LogP contribution in [0.1, 0.15) is 30.0 Å². The van der Waals surface area contributed by atoms with Gasteiger partial charge in [-0.1, -0.05) is 0 Å². The fourth-order valence-electron chi connectivity index (χ4n) is 2.15. The quantitative estimate of drug-likeness (QED) is 0.845. The summed E-state index contributed by atoms with van der Waals surface area (Å²) in [6.07, 6.45) is 7.87. The van der Waals surface area contributed by atoms with Gasteiger partial charge in [0.15, 0.2) is 0 Å². The number of hydrogen-bond acceptors (Lipinski definition) is 3. The second-order valence-corrected chi connectivity index (χ2v) is 4.12. The number of hydrogen-bond donors (Lipinski definition) is 1. The van der Waals surface area contributed by atoms with E-state index >= 15 is 0 Å². The minimum absolute atomic E-state index is 0.253. The second-order valence-electron chi connectivity index (χ2n) is 4.12. The van der Waals surface area contributed by atoms with E-state index in [1.165, 1.54) is 16.7 Å². The Bertz CT molecular complexity index is 387. The van der Waals surface area contributed by atoms with Gasteiger partial charge in [0, 0.05) is 12.4 Å². The number of nitrogens with one attached hydrogen (secondary N) is 1. The van der Waals surface area contributed by atoms with Crippen LogP contribution in [0.4, 0.5) is 0 Å². The largest absolute Gasteiger partial charge is 0.501 e. The van der Waals surface area contributed by atoms with Crippen LogP contribution in [0.2, 0.25) is 0 Å². The first-order valence-electron chi connectivity index (χ1n) is 5.71. The number of likely N-dealkylation sites (N-methyl/N-ethyl adjacent to an activating group) is 1. The summed E-state index contributed by atoms with van der Waals surface area (Å²) in [7, 11) is 1.99. The third-order valence-electron chi connectivity index (χ3n) is 3.00. The smallest absolute Gasteiger partial charge is 0.0876 e. The van der Waals surface area contributed by atoms with Crippen LogP contribution in [-0.2, 0) is 4.74 Å². The average Bonchev–Trinajstić information content (AvgIpc) is 2.34. The molecule has 0 amide bonds. The summed E-state index contributed by atoms with van der Waals surface area (Å²) < 4.78 is 5.41. The molecule has 3 nitrogen and oxygen atoms in total. The van der Waals surface area contributed by atoms with Gasteiger partial charge in [-0.05, 0) is 49.6 Å². The Labute approximate surface area is 96.5 Å². The Kier molecular flexibility index (Phi) is 3.57. The van der Waals surface area contributed by atoms with Crippen molar-refractivity contribution in [2.24, 2.45) is 0 Å². The molecule has 0 aromatic carbocycles. The molecule has 2 rings (SSSR count). The number of pyridine rings is 1. The van der Waals surface area contributed by atoms with Crippen LogP contribution in [0.3, 0.4) is 0 Å². The molecule has 1 aliphatic heterocycles. The Hall–Kier alpha value is -1.35. The summed E-state index contributed by atoms with van der Waals surface area (Å²) in [5, 5.41) is 3.35. The maximum Gasteiger partial charge on any atom is 0.0876 e. The van der Waals surface area contributed by atoms with Crippen molar-refractivity contribution in [2.75, 3.05) is 13.7 Å². The molecular formula is C13H18N2O. The zero-order valence-corrected chi connectivity index (χ0v) is 9.86. The Morgan fingerprint density at radius 3 is 3.00 bits per heavy atom. The highest BCUT2D eigenvalue weighted by Gasteiger charge is 2.18. The van der Waals surface area contributed by atoms with Gasteiger partial charge in [-0.25, -0.2) is 0 Å². The van der Waals surface area contributed by atoms with E-state index in [-0.39, 0.29) is 6.04 Å². The van der Waals surface area contributed by atoms with Gasteiger partial charge in [-0.15, -0.1) is 0 Å². The van der Waals surface area contributed by atoms with E-state index in [0.29, 0.717) is 0 Å². The molecule has 0 saturated carbocycles. The highest BCUT2D eigenvalue weighted by Crippen LogP contribution is 2.28. The number of aromatic nitrogens is 1. The van der Waals surface area contributed by atoms with Crippen molar-refractivity contribution in [1.82, 2.24) is 10.3 Å². The lowest BCUT2D eigenvalue weighted by atomic mass is 9.93. The molecule has 1 atom stereocenters. The van der Waals surface area contributed by atoms with Crippen LogP contribution in [0.5, 0.6) is 0 Å². The maximum absolute atomic E-state index is 5.41. The normalized spacial score (nSPS) is 17.5. The molecule has 0 radical (unpaired) electrons. The summed E-state index contributed by atoms with van der Waals surface area (Å²) in [5.41, 5.74) is 3.82. The van der Waals surface area contributed by atoms with Crippen LogP contribution in [0.25, 0.3) is 0 Å². The lowest BCUT2D eigenvalue weighted by Gasteiger charge is -2.24. The summed E-state index contributed by atoms with van der Waals surface area (Å²) >= 11 is 0. The Morgan fingerprint density at radius 2 is 2.38 bits per heavy atom. The summed E-state index contributed by atoms with van der Waals surface area (Å²) in [4.78, 5) is 4.13. The van der Waals surface area contributed by atoms with Crippen molar-refractivity contribution in [3.8, 4) is 0 Å². The Morgan fingerprint density at radius 1 is 1.50 bits per heavy atom. The lowest BCUT2D eigenvalue weighted by molar-refractivity contribution is 0.220. The third-order valence-corrected chi connectivity index (χ3v) is 3.00. The monoisotopic (exact) mass is 218 g/mol. The van der Waals surface area contributed by atoms with Gasteiger partial charge in [0.2, 0.25) is 0 Å². The van der Waals surface area contributed by atoms with E-state index in [0.717, 1.165) is 19.4 Å². The first-order chi connectivity index (χ1) is 7.83. The molecule has 0 bridgehead atoms. The predicted octanol–water partition coefficient (Wildman–Crippen LogP) is 2.34. The van der Waals surface area contributed by atoms with Crippen molar-refractivity contribution in [1.29, 1.82) is 0 Å². The number of rotatable bonds is 3. The summed E-state index contributed by atoms with van der Waals surface area (Å²) in [5.74, 6) is 0. The van der Waals surface area contributed by atoms with Crippen molar-refractivity contribution in [3.05, 3.63) is 41.4 Å². The van der Waals surface area contributed by atoms with E-state index in [1.807, 2.05) is 25.7 Å². The molecule has 0 fully saturated rings. The van der Waals surface area contributed by atoms with Crippen molar-refractivity contribution < 1.29 is 4.74 Å². The topological polar surface area (TPSA) is 34.1 Å². The molecule has 86 valence electrons. The first kappa shape index (κ1) is 11.1. The van der Waals surface area contributed by atoms with Gasteiger partial charge in [-0.3, -0.25) is 4.98 Å².